The Hall–Kier alpha value is -2.68. The highest BCUT2D eigenvalue weighted by molar-refractivity contribution is 7.15. The zero-order valence-electron chi connectivity index (χ0n) is 10.2. The van der Waals surface area contributed by atoms with Crippen molar-refractivity contribution in [3.63, 3.8) is 0 Å². The zero-order chi connectivity index (χ0) is 14.7. The normalized spacial score (nSPS) is 10.1. The van der Waals surface area contributed by atoms with E-state index in [9.17, 15) is 14.7 Å². The number of benzene rings is 1. The molecule has 20 heavy (non-hydrogen) atoms. The maximum Gasteiger partial charge on any atom is 0.339 e. The number of anilines is 2. The fourth-order valence-electron chi connectivity index (χ4n) is 1.40. The summed E-state index contributed by atoms with van der Waals surface area (Å²) in [7, 11) is 0. The van der Waals surface area contributed by atoms with Crippen LogP contribution >= 0.6 is 11.3 Å². The third kappa shape index (κ3) is 3.20. The average molecular weight is 294 g/mol. The minimum absolute atomic E-state index is 0.240. The number of hydrogen-bond acceptors (Lipinski definition) is 6. The van der Waals surface area contributed by atoms with Crippen LogP contribution in [0.25, 0.3) is 0 Å². The molecule has 1 heterocycles. The molecule has 8 nitrogen and oxygen atoms in total. The van der Waals surface area contributed by atoms with E-state index in [1.165, 1.54) is 23.5 Å². The van der Waals surface area contributed by atoms with Crippen molar-refractivity contribution in [1.82, 2.24) is 10.2 Å². The zero-order valence-corrected chi connectivity index (χ0v) is 11.1. The third-order valence-corrected chi connectivity index (χ3v) is 2.99. The van der Waals surface area contributed by atoms with Gasteiger partial charge in [0, 0.05) is 11.8 Å². The van der Waals surface area contributed by atoms with Crippen LogP contribution in [0, 0.1) is 6.92 Å². The molecule has 0 fully saturated rings. The average Bonchev–Trinajstić information content (AvgIpc) is 2.74. The van der Waals surface area contributed by atoms with Crippen molar-refractivity contribution in [1.29, 1.82) is 0 Å². The molecule has 0 aliphatic heterocycles. The minimum atomic E-state index is -1.25. The van der Waals surface area contributed by atoms with Crippen LogP contribution in [0.15, 0.2) is 18.2 Å². The van der Waals surface area contributed by atoms with Crippen molar-refractivity contribution in [2.24, 2.45) is 0 Å². The molecule has 104 valence electrons. The van der Waals surface area contributed by atoms with Crippen molar-refractivity contribution < 1.29 is 19.8 Å². The highest BCUT2D eigenvalue weighted by Gasteiger charge is 2.11. The van der Waals surface area contributed by atoms with Gasteiger partial charge in [-0.05, 0) is 19.1 Å². The van der Waals surface area contributed by atoms with Crippen LogP contribution in [0.4, 0.5) is 15.6 Å². The smallest absolute Gasteiger partial charge is 0.339 e. The number of phenols is 1. The molecule has 0 atom stereocenters. The van der Waals surface area contributed by atoms with Crippen LogP contribution in [0.1, 0.15) is 15.4 Å². The lowest BCUT2D eigenvalue weighted by atomic mass is 10.2. The van der Waals surface area contributed by atoms with Crippen LogP contribution in [0.2, 0.25) is 0 Å². The molecule has 2 rings (SSSR count). The number of rotatable bonds is 3. The standard InChI is InChI=1S/C11H10N4O4S/c1-5-14-15-11(20-5)13-10(19)12-6-2-3-7(9(17)18)8(16)4-6/h2-4,16H,1H3,(H,17,18)(H2,12,13,15,19). The van der Waals surface area contributed by atoms with Gasteiger partial charge in [-0.15, -0.1) is 10.2 Å². The lowest BCUT2D eigenvalue weighted by Crippen LogP contribution is -2.19. The van der Waals surface area contributed by atoms with E-state index in [2.05, 4.69) is 20.8 Å². The van der Waals surface area contributed by atoms with Gasteiger partial charge in [0.2, 0.25) is 5.13 Å². The first kappa shape index (κ1) is 13.7. The van der Waals surface area contributed by atoms with Crippen LogP contribution < -0.4 is 10.6 Å². The molecule has 0 saturated carbocycles. The van der Waals surface area contributed by atoms with E-state index in [0.717, 1.165) is 6.07 Å². The number of nitrogens with one attached hydrogen (secondary N) is 2. The Bertz CT molecular complexity index is 670. The lowest BCUT2D eigenvalue weighted by Gasteiger charge is -2.06. The molecule has 9 heteroatoms. The molecule has 4 N–H and O–H groups in total. The number of aryl methyl sites for hydroxylation is 1. The van der Waals surface area contributed by atoms with Crippen molar-refractivity contribution in [3.05, 3.63) is 28.8 Å². The molecule has 0 radical (unpaired) electrons. The summed E-state index contributed by atoms with van der Waals surface area (Å²) in [5, 5.41) is 31.7. The number of carboxylic acid groups (broad SMARTS) is 1. The van der Waals surface area contributed by atoms with Gasteiger partial charge in [-0.3, -0.25) is 5.32 Å². The van der Waals surface area contributed by atoms with E-state index in [1.54, 1.807) is 6.92 Å². The topological polar surface area (TPSA) is 124 Å². The second kappa shape index (κ2) is 5.53. The molecule has 2 amide bonds. The molecule has 1 aromatic heterocycles. The maximum atomic E-state index is 11.6. The van der Waals surface area contributed by atoms with Crippen LogP contribution in [-0.4, -0.2) is 32.4 Å². The second-order valence-electron chi connectivity index (χ2n) is 3.74. The molecule has 0 bridgehead atoms. The second-order valence-corrected chi connectivity index (χ2v) is 4.92. The molecule has 0 unspecified atom stereocenters. The fraction of sp³-hybridized carbons (Fsp3) is 0.0909. The first-order chi connectivity index (χ1) is 9.45. The SMILES string of the molecule is Cc1nnc(NC(=O)Nc2ccc(C(=O)O)c(O)c2)s1. The number of hydrogen-bond donors (Lipinski definition) is 4. The van der Waals surface area contributed by atoms with E-state index >= 15 is 0 Å². The molecule has 0 saturated heterocycles. The molecule has 2 aromatic rings. The van der Waals surface area contributed by atoms with Gasteiger partial charge in [0.25, 0.3) is 0 Å². The number of carboxylic acids is 1. The number of aromatic nitrogens is 2. The number of urea groups is 1. The number of nitrogens with zero attached hydrogens (tertiary/aromatic N) is 2. The Morgan fingerprint density at radius 2 is 2.00 bits per heavy atom. The summed E-state index contributed by atoms with van der Waals surface area (Å²) in [4.78, 5) is 22.4. The fourth-order valence-corrected chi connectivity index (χ4v) is 1.98. The van der Waals surface area contributed by atoms with Gasteiger partial charge in [0.1, 0.15) is 16.3 Å². The molecular weight excluding hydrogens is 284 g/mol. The van der Waals surface area contributed by atoms with Crippen molar-refractivity contribution in [3.8, 4) is 5.75 Å². The lowest BCUT2D eigenvalue weighted by molar-refractivity contribution is 0.0694. The highest BCUT2D eigenvalue weighted by Crippen LogP contribution is 2.22. The van der Waals surface area contributed by atoms with E-state index in [0.29, 0.717) is 10.1 Å². The van der Waals surface area contributed by atoms with Gasteiger partial charge in [-0.2, -0.15) is 0 Å². The summed E-state index contributed by atoms with van der Waals surface area (Å²) in [6.07, 6.45) is 0. The van der Waals surface area contributed by atoms with E-state index in [1.807, 2.05) is 0 Å². The highest BCUT2D eigenvalue weighted by atomic mass is 32.1. The van der Waals surface area contributed by atoms with Gasteiger partial charge < -0.3 is 15.5 Å². The predicted octanol–water partition coefficient (Wildman–Crippen LogP) is 1.89. The summed E-state index contributed by atoms with van der Waals surface area (Å²) < 4.78 is 0. The Kier molecular flexibility index (Phi) is 3.80. The summed E-state index contributed by atoms with van der Waals surface area (Å²) in [6.45, 7) is 1.75. The summed E-state index contributed by atoms with van der Waals surface area (Å²) in [5.74, 6) is -1.68. The van der Waals surface area contributed by atoms with Crippen LogP contribution in [-0.2, 0) is 0 Å². The van der Waals surface area contributed by atoms with Crippen LogP contribution in [0.5, 0.6) is 5.75 Å². The van der Waals surface area contributed by atoms with Gasteiger partial charge in [0.05, 0.1) is 0 Å². The number of aromatic carboxylic acids is 1. The first-order valence-electron chi connectivity index (χ1n) is 5.40. The summed E-state index contributed by atoms with van der Waals surface area (Å²) >= 11 is 1.21. The minimum Gasteiger partial charge on any atom is -0.507 e. The molecular formula is C11H10N4O4S. The Labute approximate surface area is 117 Å². The Morgan fingerprint density at radius 3 is 2.55 bits per heavy atom. The summed E-state index contributed by atoms with van der Waals surface area (Å²) in [6, 6.07) is 3.15. The molecule has 0 spiro atoms. The quantitative estimate of drug-likeness (QED) is 0.685. The van der Waals surface area contributed by atoms with E-state index in [4.69, 9.17) is 5.11 Å². The van der Waals surface area contributed by atoms with E-state index < -0.39 is 17.7 Å². The van der Waals surface area contributed by atoms with Gasteiger partial charge in [0.15, 0.2) is 0 Å². The third-order valence-electron chi connectivity index (χ3n) is 2.23. The van der Waals surface area contributed by atoms with Crippen molar-refractivity contribution >= 4 is 34.2 Å². The predicted molar refractivity (Wildman–Crippen MR) is 72.4 cm³/mol. The molecule has 1 aromatic carbocycles. The monoisotopic (exact) mass is 294 g/mol. The first-order valence-corrected chi connectivity index (χ1v) is 6.22. The number of amides is 2. The van der Waals surface area contributed by atoms with Gasteiger partial charge in [-0.1, -0.05) is 11.3 Å². The van der Waals surface area contributed by atoms with Crippen LogP contribution in [0.3, 0.4) is 0 Å². The molecule has 0 aliphatic rings. The number of carbonyl (C=O) groups is 2. The van der Waals surface area contributed by atoms with Gasteiger partial charge in [-0.25, -0.2) is 9.59 Å². The van der Waals surface area contributed by atoms with E-state index in [-0.39, 0.29) is 11.3 Å². The van der Waals surface area contributed by atoms with Crippen molar-refractivity contribution in [2.75, 3.05) is 10.6 Å². The Balaban J connectivity index is 2.04. The largest absolute Gasteiger partial charge is 0.507 e. The Morgan fingerprint density at radius 1 is 1.25 bits per heavy atom. The summed E-state index contributed by atoms with van der Waals surface area (Å²) in [5.41, 5.74) is 0.0157. The van der Waals surface area contributed by atoms with Crippen molar-refractivity contribution in [2.45, 2.75) is 6.92 Å². The number of carbonyl (C=O) groups excluding carboxylic acids is 1. The molecule has 0 aliphatic carbocycles. The maximum absolute atomic E-state index is 11.6. The number of aromatic hydroxyl groups is 1. The van der Waals surface area contributed by atoms with Gasteiger partial charge >= 0.3 is 12.0 Å².